The fourth-order valence-electron chi connectivity index (χ4n) is 3.05. The minimum Gasteiger partial charge on any atom is -0.340 e. The van der Waals surface area contributed by atoms with Crippen molar-refractivity contribution in [1.29, 1.82) is 0 Å². The highest BCUT2D eigenvalue weighted by molar-refractivity contribution is 5.89. The first-order valence-electron chi connectivity index (χ1n) is 8.25. The summed E-state index contributed by atoms with van der Waals surface area (Å²) in [6.45, 7) is 3.44. The zero-order chi connectivity index (χ0) is 17.4. The van der Waals surface area contributed by atoms with Crippen molar-refractivity contribution in [1.82, 2.24) is 9.80 Å². The third-order valence-corrected chi connectivity index (χ3v) is 4.78. The van der Waals surface area contributed by atoms with Gasteiger partial charge < -0.3 is 10.6 Å². The van der Waals surface area contributed by atoms with Gasteiger partial charge in [-0.25, -0.2) is 0 Å². The van der Waals surface area contributed by atoms with E-state index >= 15 is 0 Å². The van der Waals surface area contributed by atoms with Crippen molar-refractivity contribution < 1.29 is 18.0 Å². The molecule has 1 saturated heterocycles. The lowest BCUT2D eigenvalue weighted by Gasteiger charge is -2.24. The Hall–Kier alpha value is -1.60. The smallest absolute Gasteiger partial charge is 0.340 e. The molecule has 2 fully saturated rings. The lowest BCUT2D eigenvalue weighted by molar-refractivity contribution is -0.137. The van der Waals surface area contributed by atoms with Crippen LogP contribution in [0.1, 0.15) is 30.4 Å². The summed E-state index contributed by atoms with van der Waals surface area (Å²) in [6, 6.07) is 5.29. The molecular weight excluding hydrogens is 319 g/mol. The Bertz CT molecular complexity index is 596. The predicted octanol–water partition coefficient (Wildman–Crippen LogP) is 2.23. The maximum atomic E-state index is 12.6. The van der Waals surface area contributed by atoms with E-state index in [4.69, 9.17) is 5.73 Å². The third-order valence-electron chi connectivity index (χ3n) is 4.78. The topological polar surface area (TPSA) is 49.6 Å². The van der Waals surface area contributed by atoms with Crippen molar-refractivity contribution in [3.8, 4) is 0 Å². The molecule has 7 heteroatoms. The van der Waals surface area contributed by atoms with E-state index in [1.165, 1.54) is 12.1 Å². The van der Waals surface area contributed by atoms with Crippen LogP contribution in [0.4, 0.5) is 13.2 Å². The van der Waals surface area contributed by atoms with Crippen LogP contribution in [0, 0.1) is 0 Å². The number of nitrogens with zero attached hydrogens (tertiary/aromatic N) is 2. The van der Waals surface area contributed by atoms with Crippen molar-refractivity contribution in [2.24, 2.45) is 5.73 Å². The first-order valence-corrected chi connectivity index (χ1v) is 8.25. The molecule has 1 amide bonds. The Labute approximate surface area is 139 Å². The monoisotopic (exact) mass is 341 g/mol. The average molecular weight is 341 g/mol. The first kappa shape index (κ1) is 17.2. The van der Waals surface area contributed by atoms with Crippen LogP contribution in [0.5, 0.6) is 0 Å². The Kier molecular flexibility index (Phi) is 4.57. The molecule has 0 bridgehead atoms. The van der Waals surface area contributed by atoms with Gasteiger partial charge in [-0.05, 0) is 37.0 Å². The van der Waals surface area contributed by atoms with Gasteiger partial charge in [0.2, 0.25) is 5.91 Å². The maximum Gasteiger partial charge on any atom is 0.416 e. The largest absolute Gasteiger partial charge is 0.416 e. The van der Waals surface area contributed by atoms with E-state index in [9.17, 15) is 18.0 Å². The summed E-state index contributed by atoms with van der Waals surface area (Å²) < 4.78 is 37.8. The van der Waals surface area contributed by atoms with Crippen molar-refractivity contribution in [2.45, 2.75) is 37.5 Å². The van der Waals surface area contributed by atoms with Crippen LogP contribution in [-0.2, 0) is 17.5 Å². The van der Waals surface area contributed by atoms with Gasteiger partial charge in [-0.2, -0.15) is 13.2 Å². The normalized spacial score (nSPS) is 21.4. The summed E-state index contributed by atoms with van der Waals surface area (Å²) in [4.78, 5) is 16.3. The molecule has 1 aromatic rings. The number of alkyl halides is 3. The van der Waals surface area contributed by atoms with Crippen molar-refractivity contribution in [3.63, 3.8) is 0 Å². The van der Waals surface area contributed by atoms with Gasteiger partial charge in [0, 0.05) is 32.7 Å². The van der Waals surface area contributed by atoms with Crippen molar-refractivity contribution in [3.05, 3.63) is 35.4 Å². The minimum atomic E-state index is -4.30. The number of benzene rings is 1. The van der Waals surface area contributed by atoms with Crippen LogP contribution in [0.25, 0.3) is 0 Å². The summed E-state index contributed by atoms with van der Waals surface area (Å²) in [5.74, 6) is 0.0406. The number of halogens is 3. The quantitative estimate of drug-likeness (QED) is 0.917. The molecule has 2 aliphatic rings. The lowest BCUT2D eigenvalue weighted by Crippen LogP contribution is -2.47. The Balaban J connectivity index is 1.56. The van der Waals surface area contributed by atoms with E-state index in [1.54, 1.807) is 0 Å². The number of hydrogen-bond acceptors (Lipinski definition) is 3. The molecule has 132 valence electrons. The molecule has 0 atom stereocenters. The van der Waals surface area contributed by atoms with E-state index < -0.39 is 17.3 Å². The average Bonchev–Trinajstić information content (AvgIpc) is 3.31. The Morgan fingerprint density at radius 2 is 1.75 bits per heavy atom. The number of carbonyl (C=O) groups is 1. The van der Waals surface area contributed by atoms with Gasteiger partial charge in [0.05, 0.1) is 11.1 Å². The van der Waals surface area contributed by atoms with Crippen LogP contribution in [0.15, 0.2) is 24.3 Å². The standard InChI is InChI=1S/C17H22F3N3O/c18-17(19,20)14-4-2-13(3-5-14)12-22-8-1-9-23(11-10-22)15(24)16(21)6-7-16/h2-5H,1,6-12,21H2. The molecule has 1 heterocycles. The van der Waals surface area contributed by atoms with Gasteiger partial charge in [0.25, 0.3) is 0 Å². The number of amides is 1. The minimum absolute atomic E-state index is 0.0406. The van der Waals surface area contributed by atoms with E-state index in [-0.39, 0.29) is 5.91 Å². The molecule has 0 spiro atoms. The Morgan fingerprint density at radius 1 is 1.08 bits per heavy atom. The van der Waals surface area contributed by atoms with Gasteiger partial charge >= 0.3 is 6.18 Å². The lowest BCUT2D eigenvalue weighted by atomic mass is 10.1. The predicted molar refractivity (Wildman–Crippen MR) is 84.1 cm³/mol. The van der Waals surface area contributed by atoms with Crippen molar-refractivity contribution in [2.75, 3.05) is 26.2 Å². The van der Waals surface area contributed by atoms with E-state index in [0.29, 0.717) is 26.2 Å². The number of nitrogens with two attached hydrogens (primary N) is 1. The van der Waals surface area contributed by atoms with Crippen LogP contribution in [-0.4, -0.2) is 47.4 Å². The SMILES string of the molecule is NC1(C(=O)N2CCCN(Cc3ccc(C(F)(F)F)cc3)CC2)CC1. The summed E-state index contributed by atoms with van der Waals surface area (Å²) in [7, 11) is 0. The van der Waals surface area contributed by atoms with Gasteiger partial charge in [-0.3, -0.25) is 9.69 Å². The van der Waals surface area contributed by atoms with Gasteiger partial charge in [0.15, 0.2) is 0 Å². The molecule has 1 aliphatic carbocycles. The summed E-state index contributed by atoms with van der Waals surface area (Å²) in [5.41, 5.74) is 5.57. The van der Waals surface area contributed by atoms with E-state index in [0.717, 1.165) is 43.5 Å². The van der Waals surface area contributed by atoms with Crippen LogP contribution in [0.3, 0.4) is 0 Å². The molecule has 3 rings (SSSR count). The molecule has 0 aromatic heterocycles. The molecule has 1 aromatic carbocycles. The number of carbonyl (C=O) groups excluding carboxylic acids is 1. The van der Waals surface area contributed by atoms with Gasteiger partial charge in [0.1, 0.15) is 0 Å². The highest BCUT2D eigenvalue weighted by Crippen LogP contribution is 2.34. The van der Waals surface area contributed by atoms with Crippen LogP contribution >= 0.6 is 0 Å². The molecule has 2 N–H and O–H groups in total. The van der Waals surface area contributed by atoms with Crippen molar-refractivity contribution >= 4 is 5.91 Å². The fourth-order valence-corrected chi connectivity index (χ4v) is 3.05. The second-order valence-corrected chi connectivity index (χ2v) is 6.77. The molecule has 1 saturated carbocycles. The molecular formula is C17H22F3N3O. The van der Waals surface area contributed by atoms with Gasteiger partial charge in [-0.1, -0.05) is 12.1 Å². The fraction of sp³-hybridized carbons (Fsp3) is 0.588. The third kappa shape index (κ3) is 3.89. The second-order valence-electron chi connectivity index (χ2n) is 6.77. The molecule has 4 nitrogen and oxygen atoms in total. The second kappa shape index (κ2) is 6.37. The number of rotatable bonds is 3. The number of hydrogen-bond donors (Lipinski definition) is 1. The first-order chi connectivity index (χ1) is 11.3. The summed E-state index contributed by atoms with van der Waals surface area (Å²) >= 11 is 0. The summed E-state index contributed by atoms with van der Waals surface area (Å²) in [5, 5.41) is 0. The van der Waals surface area contributed by atoms with E-state index in [1.807, 2.05) is 4.90 Å². The molecule has 0 radical (unpaired) electrons. The van der Waals surface area contributed by atoms with Gasteiger partial charge in [-0.15, -0.1) is 0 Å². The van der Waals surface area contributed by atoms with Crippen LogP contribution in [0.2, 0.25) is 0 Å². The zero-order valence-corrected chi connectivity index (χ0v) is 13.5. The maximum absolute atomic E-state index is 12.6. The molecule has 0 unspecified atom stereocenters. The highest BCUT2D eigenvalue weighted by Gasteiger charge is 2.48. The molecule has 24 heavy (non-hydrogen) atoms. The zero-order valence-electron chi connectivity index (χ0n) is 13.5. The van der Waals surface area contributed by atoms with E-state index in [2.05, 4.69) is 4.90 Å². The Morgan fingerprint density at radius 3 is 2.33 bits per heavy atom. The van der Waals surface area contributed by atoms with Crippen LogP contribution < -0.4 is 5.73 Å². The molecule has 1 aliphatic heterocycles. The highest BCUT2D eigenvalue weighted by atomic mass is 19.4. The summed E-state index contributed by atoms with van der Waals surface area (Å²) in [6.07, 6.45) is -1.93.